The van der Waals surface area contributed by atoms with Gasteiger partial charge in [0.2, 0.25) is 0 Å². The summed E-state index contributed by atoms with van der Waals surface area (Å²) in [5, 5.41) is 0. The normalized spacial score (nSPS) is 49.4. The van der Waals surface area contributed by atoms with Crippen molar-refractivity contribution in [2.75, 3.05) is 0 Å². The maximum atomic E-state index is 2.62. The van der Waals surface area contributed by atoms with E-state index in [1.807, 2.05) is 0 Å². The third-order valence-electron chi connectivity index (χ3n) is 10.6. The van der Waals surface area contributed by atoms with E-state index in [1.165, 1.54) is 32.0 Å². The van der Waals surface area contributed by atoms with E-state index < -0.39 is 0 Å². The van der Waals surface area contributed by atoms with Crippen LogP contribution in [0.4, 0.5) is 0 Å². The van der Waals surface area contributed by atoms with Crippen molar-refractivity contribution in [1.29, 1.82) is 0 Å². The van der Waals surface area contributed by atoms with E-state index in [1.54, 1.807) is 0 Å². The molecule has 6 aliphatic carbocycles. The van der Waals surface area contributed by atoms with Crippen LogP contribution in [0.1, 0.15) is 74.1 Å². The summed E-state index contributed by atoms with van der Waals surface area (Å²) in [6, 6.07) is 0. The first-order valence-electron chi connectivity index (χ1n) is 11.3. The van der Waals surface area contributed by atoms with Gasteiger partial charge in [-0.1, -0.05) is 84.5 Å². The van der Waals surface area contributed by atoms with E-state index in [9.17, 15) is 0 Å². The molecule has 0 N–H and O–H groups in total. The number of fused-ring (bicyclic) bond motifs is 4. The second-order valence-electron chi connectivity index (χ2n) is 11.7. The molecule has 6 aliphatic rings. The van der Waals surface area contributed by atoms with Crippen LogP contribution in [0.5, 0.6) is 0 Å². The molecular weight excluding hydrogens is 299 g/mol. The van der Waals surface area contributed by atoms with Gasteiger partial charge in [-0.25, -0.2) is 0 Å². The van der Waals surface area contributed by atoms with Crippen LogP contribution in [0.25, 0.3) is 0 Å². The Bertz CT molecular complexity index is 502. The Morgan fingerprint density at radius 3 is 1.56 bits per heavy atom. The monoisotopic (exact) mass is 340 g/mol. The van der Waals surface area contributed by atoms with E-state index in [2.05, 4.69) is 60.6 Å². The highest BCUT2D eigenvalue weighted by Gasteiger charge is 2.61. The first-order chi connectivity index (χ1) is 11.7. The van der Waals surface area contributed by atoms with Crippen LogP contribution in [-0.2, 0) is 0 Å². The average Bonchev–Trinajstić information content (AvgIpc) is 2.56. The summed E-state index contributed by atoms with van der Waals surface area (Å²) >= 11 is 0. The summed E-state index contributed by atoms with van der Waals surface area (Å²) in [6.45, 7) is 18.6. The van der Waals surface area contributed by atoms with Crippen LogP contribution >= 0.6 is 0 Å². The molecule has 0 radical (unpaired) electrons. The van der Waals surface area contributed by atoms with E-state index in [-0.39, 0.29) is 0 Å². The van der Waals surface area contributed by atoms with Crippen LogP contribution in [0.2, 0.25) is 18.0 Å². The Kier molecular flexibility index (Phi) is 4.29. The quantitative estimate of drug-likeness (QED) is 0.375. The molecule has 0 aromatic rings. The highest BCUT2D eigenvalue weighted by molar-refractivity contribution is 6.62. The van der Waals surface area contributed by atoms with Gasteiger partial charge in [0.15, 0.2) is 6.71 Å². The topological polar surface area (TPSA) is 0 Å². The van der Waals surface area contributed by atoms with Crippen molar-refractivity contribution in [3.05, 3.63) is 12.2 Å². The first-order valence-corrected chi connectivity index (χ1v) is 11.3. The van der Waals surface area contributed by atoms with Gasteiger partial charge in [0.05, 0.1) is 0 Å². The van der Waals surface area contributed by atoms with Crippen LogP contribution in [-0.4, -0.2) is 6.71 Å². The molecule has 0 spiro atoms. The van der Waals surface area contributed by atoms with Gasteiger partial charge in [0.1, 0.15) is 0 Å². The summed E-state index contributed by atoms with van der Waals surface area (Å²) in [5.74, 6) is 7.86. The zero-order chi connectivity index (χ0) is 18.1. The van der Waals surface area contributed by atoms with Crippen LogP contribution in [0.15, 0.2) is 12.2 Å². The largest absolute Gasteiger partial charge is 0.150 e. The van der Waals surface area contributed by atoms with Gasteiger partial charge in [-0.3, -0.25) is 0 Å². The molecule has 0 aromatic carbocycles. The third kappa shape index (κ3) is 2.46. The smallest absolute Gasteiger partial charge is 0.0960 e. The second kappa shape index (κ2) is 5.90. The minimum atomic E-state index is 0.628. The number of hydrogen-bond acceptors (Lipinski definition) is 0. The molecule has 0 unspecified atom stereocenters. The van der Waals surface area contributed by atoms with Crippen molar-refractivity contribution in [2.45, 2.75) is 92.1 Å². The fraction of sp³-hybridized carbons (Fsp3) is 0.917. The highest BCUT2D eigenvalue weighted by atomic mass is 14.6. The van der Waals surface area contributed by atoms with Crippen molar-refractivity contribution < 1.29 is 0 Å². The molecule has 0 aliphatic heterocycles. The summed E-state index contributed by atoms with van der Waals surface area (Å²) in [5.41, 5.74) is 1.26. The van der Waals surface area contributed by atoms with Gasteiger partial charge in [-0.05, 0) is 66.1 Å². The van der Waals surface area contributed by atoms with Gasteiger partial charge in [0, 0.05) is 0 Å². The van der Waals surface area contributed by atoms with Crippen molar-refractivity contribution in [1.82, 2.24) is 0 Å². The number of hydrogen-bond donors (Lipinski definition) is 0. The molecule has 0 saturated heterocycles. The van der Waals surface area contributed by atoms with Crippen LogP contribution < -0.4 is 0 Å². The van der Waals surface area contributed by atoms with Crippen molar-refractivity contribution in [3.63, 3.8) is 0 Å². The Balaban J connectivity index is 1.56. The Labute approximate surface area is 157 Å². The lowest BCUT2D eigenvalue weighted by Gasteiger charge is -2.66. The van der Waals surface area contributed by atoms with Crippen molar-refractivity contribution >= 4 is 6.71 Å². The van der Waals surface area contributed by atoms with Gasteiger partial charge in [0.25, 0.3) is 0 Å². The van der Waals surface area contributed by atoms with E-state index in [0.717, 1.165) is 53.9 Å². The molecule has 140 valence electrons. The summed E-state index contributed by atoms with van der Waals surface area (Å²) in [6.07, 6.45) is 12.3. The number of allylic oxidation sites excluding steroid dienone is 2. The molecule has 6 fully saturated rings. The fourth-order valence-corrected chi connectivity index (χ4v) is 8.47. The van der Waals surface area contributed by atoms with Gasteiger partial charge < -0.3 is 0 Å². The molecule has 25 heavy (non-hydrogen) atoms. The summed E-state index contributed by atoms with van der Waals surface area (Å²) < 4.78 is 0. The minimum absolute atomic E-state index is 0.628. The zero-order valence-electron chi connectivity index (χ0n) is 17.9. The molecule has 0 aromatic heterocycles. The standard InChI is InChI=1S/C24H41B/c1-8-9-10-25(21-13-17-11-19(15(21)2)23(17,4)5)22-14-18-12-20(16(22)3)24(18,6)7/h8-9,15-22H,10-14H2,1-7H3/b9-8+/t15-,16-,17-,18-,19+,20+,21-,22-/m1/s1. The first kappa shape index (κ1) is 18.2. The molecule has 4 bridgehead atoms. The molecular formula is C24H41B. The van der Waals surface area contributed by atoms with Gasteiger partial charge in [-0.15, -0.1) is 0 Å². The second-order valence-corrected chi connectivity index (χ2v) is 11.7. The predicted octanol–water partition coefficient (Wildman–Crippen LogP) is 7.20. The molecule has 0 amide bonds. The Morgan fingerprint density at radius 1 is 0.800 bits per heavy atom. The van der Waals surface area contributed by atoms with E-state index >= 15 is 0 Å². The molecule has 0 nitrogen and oxygen atoms in total. The van der Waals surface area contributed by atoms with E-state index in [0.29, 0.717) is 10.8 Å². The van der Waals surface area contributed by atoms with Crippen molar-refractivity contribution in [2.24, 2.45) is 46.3 Å². The lowest BCUT2D eigenvalue weighted by atomic mass is 9.20. The Hall–Kier alpha value is -0.195. The zero-order valence-corrected chi connectivity index (χ0v) is 17.9. The maximum absolute atomic E-state index is 2.62. The molecule has 6 rings (SSSR count). The van der Waals surface area contributed by atoms with Gasteiger partial charge >= 0.3 is 0 Å². The fourth-order valence-electron chi connectivity index (χ4n) is 8.47. The summed E-state index contributed by atoms with van der Waals surface area (Å²) in [4.78, 5) is 0. The van der Waals surface area contributed by atoms with E-state index in [4.69, 9.17) is 0 Å². The summed E-state index contributed by atoms with van der Waals surface area (Å²) in [7, 11) is 0. The average molecular weight is 340 g/mol. The molecule has 0 heterocycles. The van der Waals surface area contributed by atoms with Crippen LogP contribution in [0.3, 0.4) is 0 Å². The van der Waals surface area contributed by atoms with Crippen LogP contribution in [0, 0.1) is 46.3 Å². The predicted molar refractivity (Wildman–Crippen MR) is 111 cm³/mol. The number of rotatable bonds is 4. The lowest BCUT2D eigenvalue weighted by Crippen LogP contribution is -2.59. The molecule has 8 atom stereocenters. The lowest BCUT2D eigenvalue weighted by molar-refractivity contribution is -0.107. The maximum Gasteiger partial charge on any atom is 0.150 e. The highest BCUT2D eigenvalue weighted by Crippen LogP contribution is 2.69. The SMILES string of the molecule is C/C=C/CB([C@@H]1C[C@H]2C[C@@H]([C@H]1C)C2(C)C)[C@@H]1C[C@H]2C[C@@H]([C@H]1C)C2(C)C. The van der Waals surface area contributed by atoms with Gasteiger partial charge in [-0.2, -0.15) is 0 Å². The molecule has 6 saturated carbocycles. The Morgan fingerprint density at radius 2 is 1.24 bits per heavy atom. The molecule has 1 heteroatoms. The van der Waals surface area contributed by atoms with Crippen molar-refractivity contribution in [3.8, 4) is 0 Å². The minimum Gasteiger partial charge on any atom is -0.0960 e. The third-order valence-corrected chi connectivity index (χ3v) is 10.6.